The van der Waals surface area contributed by atoms with E-state index in [1.807, 2.05) is 19.1 Å². The van der Waals surface area contributed by atoms with Crippen molar-refractivity contribution in [3.63, 3.8) is 0 Å². The van der Waals surface area contributed by atoms with Gasteiger partial charge in [-0.15, -0.1) is 0 Å². The van der Waals surface area contributed by atoms with Gasteiger partial charge in [-0.1, -0.05) is 15.9 Å². The van der Waals surface area contributed by atoms with E-state index in [0.29, 0.717) is 44.0 Å². The summed E-state index contributed by atoms with van der Waals surface area (Å²) in [5.41, 5.74) is 0.620. The summed E-state index contributed by atoms with van der Waals surface area (Å²) >= 11 is 3.34. The van der Waals surface area contributed by atoms with E-state index in [1.165, 1.54) is 0 Å². The van der Waals surface area contributed by atoms with Crippen LogP contribution in [0.4, 0.5) is 0 Å². The molecule has 2 rings (SSSR count). The first-order chi connectivity index (χ1) is 12.4. The van der Waals surface area contributed by atoms with Gasteiger partial charge >= 0.3 is 0 Å². The molecule has 1 aromatic rings. The average Bonchev–Trinajstić information content (AvgIpc) is 2.93. The second kappa shape index (κ2) is 9.91. The van der Waals surface area contributed by atoms with Gasteiger partial charge in [0.05, 0.1) is 11.5 Å². The van der Waals surface area contributed by atoms with Crippen LogP contribution in [0.25, 0.3) is 0 Å². The summed E-state index contributed by atoms with van der Waals surface area (Å²) < 4.78 is 24.0. The number of aliphatic imine (C=N–C) groups is 1. The van der Waals surface area contributed by atoms with Crippen molar-refractivity contribution >= 4 is 37.6 Å². The van der Waals surface area contributed by atoms with E-state index < -0.39 is 9.84 Å². The van der Waals surface area contributed by atoms with Gasteiger partial charge in [0, 0.05) is 35.7 Å². The molecular weight excluding hydrogens is 420 g/mol. The maximum absolute atomic E-state index is 12.0. The third-order valence-corrected chi connectivity index (χ3v) is 6.21. The molecule has 3 N–H and O–H groups in total. The summed E-state index contributed by atoms with van der Waals surface area (Å²) in [6.07, 6.45) is 1.30. The van der Waals surface area contributed by atoms with Crippen LogP contribution in [0.5, 0.6) is 0 Å². The number of guanidine groups is 1. The lowest BCUT2D eigenvalue weighted by Gasteiger charge is -2.15. The first kappa shape index (κ1) is 20.7. The number of benzene rings is 1. The molecule has 0 aliphatic carbocycles. The van der Waals surface area contributed by atoms with Crippen LogP contribution >= 0.6 is 15.9 Å². The van der Waals surface area contributed by atoms with Crippen LogP contribution in [0.1, 0.15) is 30.1 Å². The lowest BCUT2D eigenvalue weighted by molar-refractivity contribution is 0.0953. The second-order valence-corrected chi connectivity index (χ2v) is 9.27. The SMILES string of the molecule is CCNC(=NCCCNC(=O)c1ccc(Br)cc1)NC1CCS(=O)(=O)C1. The molecule has 1 fully saturated rings. The Hall–Kier alpha value is -1.61. The number of hydrogen-bond acceptors (Lipinski definition) is 4. The molecule has 7 nitrogen and oxygen atoms in total. The molecule has 0 spiro atoms. The fraction of sp³-hybridized carbons (Fsp3) is 0.529. The van der Waals surface area contributed by atoms with Crippen molar-refractivity contribution in [1.82, 2.24) is 16.0 Å². The van der Waals surface area contributed by atoms with Gasteiger partial charge in [-0.3, -0.25) is 9.79 Å². The number of carbonyl (C=O) groups is 1. The predicted octanol–water partition coefficient (Wildman–Crippen LogP) is 1.31. The standard InChI is InChI=1S/C17H25BrN4O3S/c1-2-19-17(22-15-8-11-26(24,25)12-15)21-10-3-9-20-16(23)13-4-6-14(18)7-5-13/h4-7,15H,2-3,8-12H2,1H3,(H,20,23)(H2,19,21,22). The Morgan fingerprint density at radius 1 is 1.27 bits per heavy atom. The quantitative estimate of drug-likeness (QED) is 0.334. The van der Waals surface area contributed by atoms with Gasteiger partial charge in [0.2, 0.25) is 0 Å². The van der Waals surface area contributed by atoms with Crippen LogP contribution in [0.2, 0.25) is 0 Å². The first-order valence-electron chi connectivity index (χ1n) is 8.68. The highest BCUT2D eigenvalue weighted by atomic mass is 79.9. The normalized spacial score (nSPS) is 19.2. The minimum atomic E-state index is -2.92. The second-order valence-electron chi connectivity index (χ2n) is 6.12. The maximum atomic E-state index is 12.0. The smallest absolute Gasteiger partial charge is 0.251 e. The van der Waals surface area contributed by atoms with Crippen molar-refractivity contribution in [2.24, 2.45) is 4.99 Å². The van der Waals surface area contributed by atoms with Crippen LogP contribution < -0.4 is 16.0 Å². The zero-order valence-corrected chi connectivity index (χ0v) is 17.2. The molecule has 1 aromatic carbocycles. The van der Waals surface area contributed by atoms with Crippen LogP contribution in [-0.4, -0.2) is 57.5 Å². The highest BCUT2D eigenvalue weighted by molar-refractivity contribution is 9.10. The van der Waals surface area contributed by atoms with E-state index >= 15 is 0 Å². The van der Waals surface area contributed by atoms with E-state index in [1.54, 1.807) is 12.1 Å². The number of hydrogen-bond donors (Lipinski definition) is 3. The monoisotopic (exact) mass is 444 g/mol. The Labute approximate surface area is 163 Å². The summed E-state index contributed by atoms with van der Waals surface area (Å²) in [4.78, 5) is 16.5. The highest BCUT2D eigenvalue weighted by Crippen LogP contribution is 2.11. The largest absolute Gasteiger partial charge is 0.357 e. The number of sulfone groups is 1. The Morgan fingerprint density at radius 2 is 2.00 bits per heavy atom. The number of halogens is 1. The van der Waals surface area contributed by atoms with Gasteiger partial charge in [0.15, 0.2) is 15.8 Å². The third-order valence-electron chi connectivity index (χ3n) is 3.91. The van der Waals surface area contributed by atoms with E-state index in [9.17, 15) is 13.2 Å². The van der Waals surface area contributed by atoms with Gasteiger partial charge in [-0.2, -0.15) is 0 Å². The van der Waals surface area contributed by atoms with Crippen molar-refractivity contribution in [3.05, 3.63) is 34.3 Å². The van der Waals surface area contributed by atoms with E-state index in [-0.39, 0.29) is 23.5 Å². The molecule has 9 heteroatoms. The summed E-state index contributed by atoms with van der Waals surface area (Å²) in [6.45, 7) is 3.72. The van der Waals surface area contributed by atoms with Gasteiger partial charge in [0.25, 0.3) is 5.91 Å². The van der Waals surface area contributed by atoms with Crippen LogP contribution in [0.15, 0.2) is 33.7 Å². The summed E-state index contributed by atoms with van der Waals surface area (Å²) in [6, 6.07) is 7.10. The Balaban J connectivity index is 1.73. The molecule has 0 bridgehead atoms. The number of nitrogens with one attached hydrogen (secondary N) is 3. The first-order valence-corrected chi connectivity index (χ1v) is 11.3. The fourth-order valence-electron chi connectivity index (χ4n) is 2.60. The van der Waals surface area contributed by atoms with Gasteiger partial charge in [-0.25, -0.2) is 8.42 Å². The Bertz CT molecular complexity index is 735. The van der Waals surface area contributed by atoms with Crippen molar-refractivity contribution in [3.8, 4) is 0 Å². The lowest BCUT2D eigenvalue weighted by Crippen LogP contribution is -2.44. The Morgan fingerprint density at radius 3 is 2.62 bits per heavy atom. The van der Waals surface area contributed by atoms with Crippen LogP contribution in [0.3, 0.4) is 0 Å². The molecule has 1 aliphatic rings. The number of nitrogens with zero attached hydrogens (tertiary/aromatic N) is 1. The highest BCUT2D eigenvalue weighted by Gasteiger charge is 2.28. The third kappa shape index (κ3) is 6.95. The van der Waals surface area contributed by atoms with E-state index in [2.05, 4.69) is 36.9 Å². The molecule has 0 aromatic heterocycles. The molecule has 0 radical (unpaired) electrons. The van der Waals surface area contributed by atoms with Crippen molar-refractivity contribution < 1.29 is 13.2 Å². The topological polar surface area (TPSA) is 99.7 Å². The fourth-order valence-corrected chi connectivity index (χ4v) is 4.54. The molecule has 1 unspecified atom stereocenters. The zero-order chi connectivity index (χ0) is 19.0. The van der Waals surface area contributed by atoms with Gasteiger partial charge in [-0.05, 0) is 44.0 Å². The molecule has 1 saturated heterocycles. The summed E-state index contributed by atoms with van der Waals surface area (Å²) in [7, 11) is -2.92. The van der Waals surface area contributed by atoms with E-state index in [4.69, 9.17) is 0 Å². The molecule has 144 valence electrons. The molecule has 1 aliphatic heterocycles. The minimum Gasteiger partial charge on any atom is -0.357 e. The van der Waals surface area contributed by atoms with Gasteiger partial charge < -0.3 is 16.0 Å². The number of amides is 1. The van der Waals surface area contributed by atoms with Crippen LogP contribution in [0, 0.1) is 0 Å². The van der Waals surface area contributed by atoms with Crippen molar-refractivity contribution in [2.45, 2.75) is 25.8 Å². The van der Waals surface area contributed by atoms with E-state index in [0.717, 1.165) is 4.47 Å². The van der Waals surface area contributed by atoms with Crippen LogP contribution in [-0.2, 0) is 9.84 Å². The lowest BCUT2D eigenvalue weighted by atomic mass is 10.2. The molecular formula is C17H25BrN4O3S. The predicted molar refractivity (Wildman–Crippen MR) is 107 cm³/mol. The number of carbonyl (C=O) groups excluding carboxylic acids is 1. The molecule has 1 amide bonds. The maximum Gasteiger partial charge on any atom is 0.251 e. The van der Waals surface area contributed by atoms with Crippen molar-refractivity contribution in [2.75, 3.05) is 31.1 Å². The van der Waals surface area contributed by atoms with Crippen molar-refractivity contribution in [1.29, 1.82) is 0 Å². The summed E-state index contributed by atoms with van der Waals surface area (Å²) in [5.74, 6) is 0.892. The molecule has 26 heavy (non-hydrogen) atoms. The minimum absolute atomic E-state index is 0.0880. The molecule has 1 heterocycles. The number of rotatable bonds is 7. The van der Waals surface area contributed by atoms with Gasteiger partial charge in [0.1, 0.15) is 0 Å². The average molecular weight is 445 g/mol. The summed E-state index contributed by atoms with van der Waals surface area (Å²) in [5, 5.41) is 9.16. The Kier molecular flexibility index (Phi) is 7.89. The molecule has 1 atom stereocenters. The zero-order valence-electron chi connectivity index (χ0n) is 14.8. The molecule has 0 saturated carbocycles.